The van der Waals surface area contributed by atoms with Crippen LogP contribution in [0.4, 0.5) is 11.4 Å². The van der Waals surface area contributed by atoms with Crippen molar-refractivity contribution in [3.63, 3.8) is 0 Å². The molecule has 8 nitrogen and oxygen atoms in total. The van der Waals surface area contributed by atoms with Gasteiger partial charge in [0.15, 0.2) is 0 Å². The summed E-state index contributed by atoms with van der Waals surface area (Å²) in [6.45, 7) is 4.24. The van der Waals surface area contributed by atoms with E-state index in [9.17, 15) is 18.0 Å². The van der Waals surface area contributed by atoms with Gasteiger partial charge in [0.25, 0.3) is 15.6 Å². The number of H-pyrrole nitrogens is 2. The zero-order valence-corrected chi connectivity index (χ0v) is 16.8. The number of sulfonamides is 1. The largest absolute Gasteiger partial charge is 0.371 e. The Labute approximate surface area is 167 Å². The molecular formula is C20H22N4O4S. The first kappa shape index (κ1) is 19.3. The number of aromatic nitrogens is 2. The van der Waals surface area contributed by atoms with Gasteiger partial charge in [-0.15, -0.1) is 0 Å². The standard InChI is InChI=1S/C20H22N4O4S/c1-13-3-2-10-24(12-13)15-6-4-14(5-7-15)23-29(27,28)16-8-9-18-17(11-16)19(25)22-20(26)21-18/h4-9,11,13,23H,2-3,10,12H2,1H3,(H2,21,22,25,26)/t13-/m0/s1. The predicted octanol–water partition coefficient (Wildman–Crippen LogP) is 2.25. The average Bonchev–Trinajstić information content (AvgIpc) is 2.68. The monoisotopic (exact) mass is 414 g/mol. The van der Waals surface area contributed by atoms with Crippen molar-refractivity contribution in [1.29, 1.82) is 0 Å². The lowest BCUT2D eigenvalue weighted by atomic mass is 10.00. The zero-order chi connectivity index (χ0) is 20.6. The first-order chi connectivity index (χ1) is 13.8. The molecule has 1 fully saturated rings. The van der Waals surface area contributed by atoms with Gasteiger partial charge in [-0.1, -0.05) is 6.92 Å². The van der Waals surface area contributed by atoms with Crippen LogP contribution in [-0.2, 0) is 10.0 Å². The highest BCUT2D eigenvalue weighted by Crippen LogP contribution is 2.25. The highest BCUT2D eigenvalue weighted by molar-refractivity contribution is 7.92. The quantitative estimate of drug-likeness (QED) is 0.606. The van der Waals surface area contributed by atoms with E-state index in [0.29, 0.717) is 11.6 Å². The van der Waals surface area contributed by atoms with Gasteiger partial charge in [0.05, 0.1) is 15.8 Å². The van der Waals surface area contributed by atoms with Crippen molar-refractivity contribution < 1.29 is 8.42 Å². The lowest BCUT2D eigenvalue weighted by molar-refractivity contribution is 0.447. The van der Waals surface area contributed by atoms with E-state index in [0.717, 1.165) is 25.2 Å². The molecule has 1 saturated heterocycles. The molecule has 0 radical (unpaired) electrons. The summed E-state index contributed by atoms with van der Waals surface area (Å²) in [5, 5.41) is 0.0991. The minimum Gasteiger partial charge on any atom is -0.371 e. The fourth-order valence-electron chi connectivity index (χ4n) is 3.69. The van der Waals surface area contributed by atoms with Gasteiger partial charge in [-0.25, -0.2) is 13.2 Å². The van der Waals surface area contributed by atoms with Crippen molar-refractivity contribution in [2.75, 3.05) is 22.7 Å². The smallest absolute Gasteiger partial charge is 0.326 e. The molecule has 1 aromatic heterocycles. The first-order valence-electron chi connectivity index (χ1n) is 9.46. The molecule has 2 heterocycles. The third kappa shape index (κ3) is 4.04. The minimum absolute atomic E-state index is 0.0588. The number of aromatic amines is 2. The fraction of sp³-hybridized carbons (Fsp3) is 0.300. The van der Waals surface area contributed by atoms with Crippen molar-refractivity contribution in [2.24, 2.45) is 5.92 Å². The Kier molecular flexibility index (Phi) is 4.91. The zero-order valence-electron chi connectivity index (χ0n) is 15.9. The van der Waals surface area contributed by atoms with E-state index >= 15 is 0 Å². The Morgan fingerprint density at radius 2 is 1.83 bits per heavy atom. The molecule has 1 aliphatic heterocycles. The van der Waals surface area contributed by atoms with E-state index in [2.05, 4.69) is 26.5 Å². The second kappa shape index (κ2) is 7.40. The van der Waals surface area contributed by atoms with Crippen LogP contribution in [-0.4, -0.2) is 31.5 Å². The normalized spacial score (nSPS) is 17.4. The molecule has 1 aliphatic rings. The molecule has 0 amide bonds. The molecule has 1 atom stereocenters. The van der Waals surface area contributed by atoms with Crippen LogP contribution in [0, 0.1) is 5.92 Å². The van der Waals surface area contributed by atoms with Crippen LogP contribution in [0.5, 0.6) is 0 Å². The average molecular weight is 414 g/mol. The van der Waals surface area contributed by atoms with Crippen LogP contribution < -0.4 is 20.9 Å². The van der Waals surface area contributed by atoms with Crippen LogP contribution in [0.3, 0.4) is 0 Å². The molecule has 0 bridgehead atoms. The highest BCUT2D eigenvalue weighted by Gasteiger charge is 2.18. The van der Waals surface area contributed by atoms with Gasteiger partial charge >= 0.3 is 5.69 Å². The summed E-state index contributed by atoms with van der Waals surface area (Å²) in [4.78, 5) is 30.1. The summed E-state index contributed by atoms with van der Waals surface area (Å²) in [6.07, 6.45) is 2.39. The molecular weight excluding hydrogens is 392 g/mol. The van der Waals surface area contributed by atoms with Gasteiger partial charge in [-0.2, -0.15) is 0 Å². The molecule has 9 heteroatoms. The summed E-state index contributed by atoms with van der Waals surface area (Å²) < 4.78 is 28.0. The summed E-state index contributed by atoms with van der Waals surface area (Å²) in [6, 6.07) is 11.3. The van der Waals surface area contributed by atoms with Gasteiger partial charge in [0, 0.05) is 24.5 Å². The van der Waals surface area contributed by atoms with E-state index in [4.69, 9.17) is 0 Å². The molecule has 3 aromatic rings. The highest BCUT2D eigenvalue weighted by atomic mass is 32.2. The molecule has 0 saturated carbocycles. The van der Waals surface area contributed by atoms with E-state index in [1.54, 1.807) is 12.1 Å². The molecule has 152 valence electrons. The Bertz CT molecular complexity index is 1260. The van der Waals surface area contributed by atoms with E-state index in [1.807, 2.05) is 12.1 Å². The second-order valence-corrected chi connectivity index (χ2v) is 9.14. The number of rotatable bonds is 4. The third-order valence-corrected chi connectivity index (χ3v) is 6.54. The van der Waals surface area contributed by atoms with E-state index in [-0.39, 0.29) is 15.8 Å². The molecule has 3 N–H and O–H groups in total. The number of nitrogens with one attached hydrogen (secondary N) is 3. The van der Waals surface area contributed by atoms with Crippen LogP contribution in [0.2, 0.25) is 0 Å². The Morgan fingerprint density at radius 3 is 2.55 bits per heavy atom. The fourth-order valence-corrected chi connectivity index (χ4v) is 4.77. The number of hydrogen-bond acceptors (Lipinski definition) is 5. The van der Waals surface area contributed by atoms with Gasteiger partial charge in [-0.3, -0.25) is 14.5 Å². The maximum atomic E-state index is 12.7. The molecule has 0 aliphatic carbocycles. The third-order valence-electron chi connectivity index (χ3n) is 5.16. The summed E-state index contributed by atoms with van der Waals surface area (Å²) in [5.41, 5.74) is 0.508. The number of nitrogens with zero attached hydrogens (tertiary/aromatic N) is 1. The topological polar surface area (TPSA) is 115 Å². The Morgan fingerprint density at radius 1 is 1.07 bits per heavy atom. The summed E-state index contributed by atoms with van der Waals surface area (Å²) in [7, 11) is -3.89. The van der Waals surface area contributed by atoms with Crippen LogP contribution in [0.15, 0.2) is 56.9 Å². The van der Waals surface area contributed by atoms with Crippen LogP contribution >= 0.6 is 0 Å². The lowest BCUT2D eigenvalue weighted by Crippen LogP contribution is -2.34. The second-order valence-electron chi connectivity index (χ2n) is 7.46. The van der Waals surface area contributed by atoms with Gasteiger partial charge in [-0.05, 0) is 61.2 Å². The van der Waals surface area contributed by atoms with Crippen LogP contribution in [0.1, 0.15) is 19.8 Å². The van der Waals surface area contributed by atoms with E-state index in [1.165, 1.54) is 24.6 Å². The predicted molar refractivity (Wildman–Crippen MR) is 113 cm³/mol. The summed E-state index contributed by atoms with van der Waals surface area (Å²) >= 11 is 0. The van der Waals surface area contributed by atoms with E-state index < -0.39 is 21.3 Å². The molecule has 0 spiro atoms. The lowest BCUT2D eigenvalue weighted by Gasteiger charge is -2.32. The molecule has 4 rings (SSSR count). The maximum Gasteiger partial charge on any atom is 0.326 e. The van der Waals surface area contributed by atoms with Gasteiger partial charge in [0.2, 0.25) is 0 Å². The number of hydrogen-bond donors (Lipinski definition) is 3. The number of benzene rings is 2. The van der Waals surface area contributed by atoms with Crippen molar-refractivity contribution >= 4 is 32.3 Å². The van der Waals surface area contributed by atoms with Gasteiger partial charge < -0.3 is 9.88 Å². The van der Waals surface area contributed by atoms with Gasteiger partial charge in [0.1, 0.15) is 0 Å². The van der Waals surface area contributed by atoms with Crippen LogP contribution in [0.25, 0.3) is 10.9 Å². The SMILES string of the molecule is C[C@H]1CCCN(c2ccc(NS(=O)(=O)c3ccc4[nH]c(=O)[nH]c(=O)c4c3)cc2)C1. The van der Waals surface area contributed by atoms with Crippen molar-refractivity contribution in [3.05, 3.63) is 63.3 Å². The Balaban J connectivity index is 1.58. The minimum atomic E-state index is -3.89. The Hall–Kier alpha value is -3.07. The number of piperidine rings is 1. The van der Waals surface area contributed by atoms with Crippen molar-refractivity contribution in [1.82, 2.24) is 9.97 Å². The molecule has 0 unspecified atom stereocenters. The number of anilines is 2. The van der Waals surface area contributed by atoms with Crippen molar-refractivity contribution in [3.8, 4) is 0 Å². The molecule has 2 aromatic carbocycles. The first-order valence-corrected chi connectivity index (χ1v) is 10.9. The maximum absolute atomic E-state index is 12.7. The number of fused-ring (bicyclic) bond motifs is 1. The molecule has 29 heavy (non-hydrogen) atoms. The summed E-state index contributed by atoms with van der Waals surface area (Å²) in [5.74, 6) is 0.646. The van der Waals surface area contributed by atoms with Crippen molar-refractivity contribution in [2.45, 2.75) is 24.7 Å².